The van der Waals surface area contributed by atoms with Gasteiger partial charge in [-0.2, -0.15) is 0 Å². The number of carbonyl (C=O) groups is 3. The largest absolute Gasteiger partial charge is 0.324 e. The number of anilines is 2. The highest BCUT2D eigenvalue weighted by atomic mass is 16.2. The van der Waals surface area contributed by atoms with E-state index in [2.05, 4.69) is 5.32 Å². The lowest BCUT2D eigenvalue weighted by Crippen LogP contribution is -2.30. The summed E-state index contributed by atoms with van der Waals surface area (Å²) in [4.78, 5) is 38.1. The van der Waals surface area contributed by atoms with E-state index in [-0.39, 0.29) is 17.7 Å². The van der Waals surface area contributed by atoms with Crippen molar-refractivity contribution in [2.45, 2.75) is 20.3 Å². The van der Waals surface area contributed by atoms with Gasteiger partial charge in [-0.25, -0.2) is 4.90 Å². The lowest BCUT2D eigenvalue weighted by atomic mass is 10.1. The third kappa shape index (κ3) is 2.50. The van der Waals surface area contributed by atoms with Crippen molar-refractivity contribution in [3.63, 3.8) is 0 Å². The molecule has 0 atom stereocenters. The standard InChI is InChI=1S/C18H16N2O3/c1-3-16(21)19-14-9-8-11(2)10-15(14)20-17(22)12-6-4-5-7-13(12)18(20)23/h4-10H,3H2,1-2H3,(H,19,21). The molecule has 0 saturated carbocycles. The van der Waals surface area contributed by atoms with Crippen molar-refractivity contribution in [2.24, 2.45) is 0 Å². The van der Waals surface area contributed by atoms with Gasteiger partial charge >= 0.3 is 0 Å². The first-order chi connectivity index (χ1) is 11.0. The van der Waals surface area contributed by atoms with Gasteiger partial charge in [-0.3, -0.25) is 14.4 Å². The summed E-state index contributed by atoms with van der Waals surface area (Å²) in [5.74, 6) is -0.918. The van der Waals surface area contributed by atoms with Gasteiger partial charge in [0, 0.05) is 6.42 Å². The molecular weight excluding hydrogens is 292 g/mol. The fourth-order valence-electron chi connectivity index (χ4n) is 2.58. The van der Waals surface area contributed by atoms with Crippen LogP contribution in [0.4, 0.5) is 11.4 Å². The highest BCUT2D eigenvalue weighted by Crippen LogP contribution is 2.34. The molecule has 3 rings (SSSR count). The first-order valence-corrected chi connectivity index (χ1v) is 7.41. The number of aryl methyl sites for hydroxylation is 1. The van der Waals surface area contributed by atoms with E-state index < -0.39 is 0 Å². The SMILES string of the molecule is CCC(=O)Nc1ccc(C)cc1N1C(=O)c2ccccc2C1=O. The molecule has 5 heteroatoms. The Morgan fingerprint density at radius 2 is 1.65 bits per heavy atom. The number of nitrogens with one attached hydrogen (secondary N) is 1. The van der Waals surface area contributed by atoms with Crippen LogP contribution in [0.3, 0.4) is 0 Å². The van der Waals surface area contributed by atoms with Crippen LogP contribution in [0.25, 0.3) is 0 Å². The van der Waals surface area contributed by atoms with E-state index in [4.69, 9.17) is 0 Å². The summed E-state index contributed by atoms with van der Waals surface area (Å²) in [6.07, 6.45) is 0.315. The monoisotopic (exact) mass is 308 g/mol. The van der Waals surface area contributed by atoms with Crippen LogP contribution in [0.5, 0.6) is 0 Å². The fourth-order valence-corrected chi connectivity index (χ4v) is 2.58. The predicted molar refractivity (Wildman–Crippen MR) is 87.7 cm³/mol. The first-order valence-electron chi connectivity index (χ1n) is 7.41. The highest BCUT2D eigenvalue weighted by molar-refractivity contribution is 6.35. The van der Waals surface area contributed by atoms with Gasteiger partial charge in [0.15, 0.2) is 0 Å². The average Bonchev–Trinajstić information content (AvgIpc) is 2.81. The Kier molecular flexibility index (Phi) is 3.70. The van der Waals surface area contributed by atoms with Crippen molar-refractivity contribution in [1.29, 1.82) is 0 Å². The zero-order valence-corrected chi connectivity index (χ0v) is 12.9. The molecular formula is C18H16N2O3. The Morgan fingerprint density at radius 1 is 1.04 bits per heavy atom. The molecule has 116 valence electrons. The second-order valence-electron chi connectivity index (χ2n) is 5.41. The normalized spacial score (nSPS) is 13.2. The zero-order chi connectivity index (χ0) is 16.6. The molecule has 23 heavy (non-hydrogen) atoms. The third-order valence-corrected chi connectivity index (χ3v) is 3.78. The minimum Gasteiger partial charge on any atom is -0.324 e. The molecule has 1 aliphatic heterocycles. The second-order valence-corrected chi connectivity index (χ2v) is 5.41. The van der Waals surface area contributed by atoms with Gasteiger partial charge in [-0.1, -0.05) is 25.1 Å². The molecule has 0 bridgehead atoms. The third-order valence-electron chi connectivity index (χ3n) is 3.78. The lowest BCUT2D eigenvalue weighted by Gasteiger charge is -2.19. The zero-order valence-electron chi connectivity index (χ0n) is 12.9. The molecule has 0 spiro atoms. The number of nitrogens with zero attached hydrogens (tertiary/aromatic N) is 1. The Bertz CT molecular complexity index is 792. The van der Waals surface area contributed by atoms with Crippen molar-refractivity contribution in [3.8, 4) is 0 Å². The van der Waals surface area contributed by atoms with E-state index in [0.717, 1.165) is 10.5 Å². The van der Waals surface area contributed by atoms with Crippen LogP contribution in [0.1, 0.15) is 39.6 Å². The van der Waals surface area contributed by atoms with Gasteiger partial charge in [-0.15, -0.1) is 0 Å². The maximum Gasteiger partial charge on any atom is 0.266 e. The van der Waals surface area contributed by atoms with Crippen molar-refractivity contribution in [1.82, 2.24) is 0 Å². The molecule has 0 unspecified atom stereocenters. The van der Waals surface area contributed by atoms with E-state index >= 15 is 0 Å². The van der Waals surface area contributed by atoms with Gasteiger partial charge < -0.3 is 5.32 Å². The average molecular weight is 308 g/mol. The van der Waals surface area contributed by atoms with E-state index in [1.54, 1.807) is 43.3 Å². The smallest absolute Gasteiger partial charge is 0.266 e. The molecule has 1 aliphatic rings. The van der Waals surface area contributed by atoms with Crippen LogP contribution in [0.15, 0.2) is 42.5 Å². The number of hydrogen-bond acceptors (Lipinski definition) is 3. The molecule has 5 nitrogen and oxygen atoms in total. The van der Waals surface area contributed by atoms with Crippen LogP contribution >= 0.6 is 0 Å². The van der Waals surface area contributed by atoms with Crippen LogP contribution in [0, 0.1) is 6.92 Å². The summed E-state index contributed by atoms with van der Waals surface area (Å²) in [5.41, 5.74) is 2.51. The number of carbonyl (C=O) groups excluding carboxylic acids is 3. The Morgan fingerprint density at radius 3 is 2.22 bits per heavy atom. The highest BCUT2D eigenvalue weighted by Gasteiger charge is 2.37. The number of imide groups is 1. The molecule has 0 saturated heterocycles. The molecule has 2 aromatic rings. The minimum atomic E-state index is -0.372. The molecule has 0 radical (unpaired) electrons. The Labute approximate surface area is 133 Å². The summed E-state index contributed by atoms with van der Waals surface area (Å²) in [6.45, 7) is 3.61. The van der Waals surface area contributed by atoms with Crippen molar-refractivity contribution in [2.75, 3.05) is 10.2 Å². The van der Waals surface area contributed by atoms with Gasteiger partial charge in [0.1, 0.15) is 0 Å². The van der Waals surface area contributed by atoms with Crippen molar-refractivity contribution >= 4 is 29.1 Å². The minimum absolute atomic E-state index is 0.174. The maximum absolute atomic E-state index is 12.6. The predicted octanol–water partition coefficient (Wildman–Crippen LogP) is 3.14. The molecule has 1 N–H and O–H groups in total. The fraction of sp³-hybridized carbons (Fsp3) is 0.167. The summed E-state index contributed by atoms with van der Waals surface area (Å²) in [7, 11) is 0. The van der Waals surface area contributed by atoms with E-state index in [9.17, 15) is 14.4 Å². The van der Waals surface area contributed by atoms with Crippen LogP contribution in [-0.2, 0) is 4.79 Å². The number of benzene rings is 2. The second kappa shape index (κ2) is 5.68. The maximum atomic E-state index is 12.6. The van der Waals surface area contributed by atoms with E-state index in [1.165, 1.54) is 0 Å². The van der Waals surface area contributed by atoms with Crippen LogP contribution in [-0.4, -0.2) is 17.7 Å². The molecule has 2 aromatic carbocycles. The Hall–Kier alpha value is -2.95. The Balaban J connectivity index is 2.09. The molecule has 0 aromatic heterocycles. The van der Waals surface area contributed by atoms with Gasteiger partial charge in [0.05, 0.1) is 22.5 Å². The lowest BCUT2D eigenvalue weighted by molar-refractivity contribution is -0.115. The van der Waals surface area contributed by atoms with Gasteiger partial charge in [0.2, 0.25) is 5.91 Å². The molecule has 0 fully saturated rings. The number of amides is 3. The number of fused-ring (bicyclic) bond motifs is 1. The van der Waals surface area contributed by atoms with Gasteiger partial charge in [0.25, 0.3) is 11.8 Å². The summed E-state index contributed by atoms with van der Waals surface area (Å²) in [6, 6.07) is 12.0. The molecule has 3 amide bonds. The van der Waals surface area contributed by atoms with Crippen molar-refractivity contribution in [3.05, 3.63) is 59.2 Å². The van der Waals surface area contributed by atoms with Gasteiger partial charge in [-0.05, 0) is 36.8 Å². The van der Waals surface area contributed by atoms with Crippen molar-refractivity contribution < 1.29 is 14.4 Å². The molecule has 1 heterocycles. The van der Waals surface area contributed by atoms with Crippen LogP contribution < -0.4 is 10.2 Å². The topological polar surface area (TPSA) is 66.5 Å². The summed E-state index contributed by atoms with van der Waals surface area (Å²) >= 11 is 0. The summed E-state index contributed by atoms with van der Waals surface area (Å²) in [5, 5.41) is 2.75. The first kappa shape index (κ1) is 15.0. The van der Waals surface area contributed by atoms with E-state index in [0.29, 0.717) is 28.9 Å². The summed E-state index contributed by atoms with van der Waals surface area (Å²) < 4.78 is 0. The molecule has 0 aliphatic carbocycles. The van der Waals surface area contributed by atoms with Crippen LogP contribution in [0.2, 0.25) is 0 Å². The quantitative estimate of drug-likeness (QED) is 0.886. The number of rotatable bonds is 3. The van der Waals surface area contributed by atoms with E-state index in [1.807, 2.05) is 13.0 Å². The number of hydrogen-bond donors (Lipinski definition) is 1.